The van der Waals surface area contributed by atoms with Gasteiger partial charge in [0.25, 0.3) is 0 Å². The summed E-state index contributed by atoms with van der Waals surface area (Å²) in [4.78, 5) is 4.70. The van der Waals surface area contributed by atoms with Crippen LogP contribution < -0.4 is 5.32 Å². The molecular formula is C12H15BrN2S2. The maximum Gasteiger partial charge on any atom is 0.161 e. The predicted octanol–water partition coefficient (Wildman–Crippen LogP) is 4.09. The Balaban J connectivity index is 1.94. The van der Waals surface area contributed by atoms with E-state index in [-0.39, 0.29) is 0 Å². The minimum absolute atomic E-state index is 0.484. The molecular weight excluding hydrogens is 316 g/mol. The number of nitrogens with zero attached hydrogens (tertiary/aromatic N) is 1. The molecule has 17 heavy (non-hydrogen) atoms. The lowest BCUT2D eigenvalue weighted by Crippen LogP contribution is -2.06. The number of anilines is 1. The van der Waals surface area contributed by atoms with Crippen molar-refractivity contribution in [3.8, 4) is 0 Å². The van der Waals surface area contributed by atoms with Crippen LogP contribution >= 0.6 is 39.5 Å². The fraction of sp³-hybridized carbons (Fsp3) is 0.417. The Morgan fingerprint density at radius 3 is 3.12 bits per heavy atom. The zero-order valence-corrected chi connectivity index (χ0v) is 12.9. The Kier molecular flexibility index (Phi) is 5.25. The Morgan fingerprint density at radius 1 is 1.53 bits per heavy atom. The van der Waals surface area contributed by atoms with E-state index in [0.29, 0.717) is 6.04 Å². The summed E-state index contributed by atoms with van der Waals surface area (Å²) in [5, 5.41) is 4.42. The second-order valence-electron chi connectivity index (χ2n) is 3.79. The van der Waals surface area contributed by atoms with Crippen molar-refractivity contribution in [2.45, 2.75) is 12.5 Å². The normalized spacial score (nSPS) is 19.2. The highest BCUT2D eigenvalue weighted by atomic mass is 79.9. The van der Waals surface area contributed by atoms with Gasteiger partial charge < -0.3 is 5.32 Å². The summed E-state index contributed by atoms with van der Waals surface area (Å²) in [6.07, 6.45) is 3.32. The Bertz CT molecular complexity index is 409. The van der Waals surface area contributed by atoms with E-state index in [0.717, 1.165) is 21.1 Å². The van der Waals surface area contributed by atoms with E-state index < -0.39 is 0 Å². The molecule has 5 heteroatoms. The van der Waals surface area contributed by atoms with E-state index in [2.05, 4.69) is 33.6 Å². The van der Waals surface area contributed by atoms with Gasteiger partial charge in [0.2, 0.25) is 0 Å². The summed E-state index contributed by atoms with van der Waals surface area (Å²) >= 11 is 7.23. The molecule has 0 aliphatic carbocycles. The summed E-state index contributed by atoms with van der Waals surface area (Å²) in [6.45, 7) is 0. The van der Waals surface area contributed by atoms with Crippen LogP contribution in [0, 0.1) is 0 Å². The Hall–Kier alpha value is -0.130. The maximum atomic E-state index is 4.70. The minimum Gasteiger partial charge on any atom is -0.334 e. The van der Waals surface area contributed by atoms with E-state index >= 15 is 0 Å². The first-order valence-electron chi connectivity index (χ1n) is 5.50. The van der Waals surface area contributed by atoms with Crippen molar-refractivity contribution >= 4 is 50.3 Å². The van der Waals surface area contributed by atoms with Crippen molar-refractivity contribution in [2.75, 3.05) is 23.1 Å². The van der Waals surface area contributed by atoms with E-state index in [9.17, 15) is 0 Å². The third-order valence-corrected chi connectivity index (χ3v) is 4.85. The number of benzene rings is 1. The molecule has 1 aliphatic heterocycles. The lowest BCUT2D eigenvalue weighted by Gasteiger charge is -2.06. The zero-order valence-electron chi connectivity index (χ0n) is 9.65. The molecule has 1 aromatic rings. The second-order valence-corrected chi connectivity index (χ2v) is 6.63. The van der Waals surface area contributed by atoms with E-state index in [1.165, 1.54) is 12.2 Å². The second kappa shape index (κ2) is 6.71. The van der Waals surface area contributed by atoms with Gasteiger partial charge in [-0.1, -0.05) is 23.9 Å². The first-order valence-corrected chi connectivity index (χ1v) is 8.68. The molecule has 1 atom stereocenters. The van der Waals surface area contributed by atoms with Gasteiger partial charge in [-0.2, -0.15) is 11.8 Å². The van der Waals surface area contributed by atoms with Crippen molar-refractivity contribution < 1.29 is 0 Å². The highest BCUT2D eigenvalue weighted by Gasteiger charge is 2.18. The number of amidine groups is 1. The fourth-order valence-corrected chi connectivity index (χ4v) is 3.45. The molecule has 1 heterocycles. The van der Waals surface area contributed by atoms with Crippen LogP contribution in [0.2, 0.25) is 0 Å². The molecule has 0 bridgehead atoms. The van der Waals surface area contributed by atoms with Gasteiger partial charge >= 0.3 is 0 Å². The lowest BCUT2D eigenvalue weighted by atomic mass is 10.3. The highest BCUT2D eigenvalue weighted by Crippen LogP contribution is 2.26. The Morgan fingerprint density at radius 2 is 2.35 bits per heavy atom. The molecule has 0 fully saturated rings. The summed E-state index contributed by atoms with van der Waals surface area (Å²) in [6, 6.07) is 8.62. The molecule has 0 amide bonds. The van der Waals surface area contributed by atoms with Gasteiger partial charge in [-0.25, -0.2) is 0 Å². The molecule has 0 aromatic heterocycles. The number of nitrogens with one attached hydrogen (secondary N) is 1. The maximum absolute atomic E-state index is 4.70. The number of rotatable bonds is 4. The Labute approximate surface area is 119 Å². The molecule has 2 rings (SSSR count). The monoisotopic (exact) mass is 330 g/mol. The minimum atomic E-state index is 0.484. The molecule has 1 aromatic carbocycles. The van der Waals surface area contributed by atoms with Gasteiger partial charge in [0.15, 0.2) is 5.17 Å². The first kappa shape index (κ1) is 13.3. The van der Waals surface area contributed by atoms with Crippen LogP contribution in [0.4, 0.5) is 5.69 Å². The molecule has 1 aliphatic rings. The van der Waals surface area contributed by atoms with E-state index in [1.54, 1.807) is 0 Å². The number of halogens is 1. The summed E-state index contributed by atoms with van der Waals surface area (Å²) in [5.74, 6) is 2.30. The standard InChI is InChI=1S/C12H15BrN2S2/c1-16-7-6-9-8-17-12(14-9)15-11-5-3-2-4-10(11)13/h2-5,9H,6-8H2,1H3,(H,14,15)/t9-/m0/s1. The molecule has 0 radical (unpaired) electrons. The largest absolute Gasteiger partial charge is 0.334 e. The SMILES string of the molecule is CSCC[C@H]1CSC(Nc2ccccc2Br)=N1. The fourth-order valence-electron chi connectivity index (χ4n) is 1.56. The number of thioether (sulfide) groups is 2. The summed E-state index contributed by atoms with van der Waals surface area (Å²) < 4.78 is 1.08. The van der Waals surface area contributed by atoms with Gasteiger partial charge in [0.05, 0.1) is 11.7 Å². The molecule has 92 valence electrons. The lowest BCUT2D eigenvalue weighted by molar-refractivity contribution is 0.745. The van der Waals surface area contributed by atoms with Gasteiger partial charge in [-0.15, -0.1) is 0 Å². The van der Waals surface area contributed by atoms with Crippen LogP contribution in [-0.2, 0) is 0 Å². The van der Waals surface area contributed by atoms with Crippen LogP contribution in [0.5, 0.6) is 0 Å². The van der Waals surface area contributed by atoms with Crippen LogP contribution in [0.25, 0.3) is 0 Å². The predicted molar refractivity (Wildman–Crippen MR) is 84.4 cm³/mol. The summed E-state index contributed by atoms with van der Waals surface area (Å²) in [7, 11) is 0. The van der Waals surface area contributed by atoms with Crippen molar-refractivity contribution in [3.63, 3.8) is 0 Å². The van der Waals surface area contributed by atoms with Crippen molar-refractivity contribution in [1.29, 1.82) is 0 Å². The smallest absolute Gasteiger partial charge is 0.161 e. The average molecular weight is 331 g/mol. The third kappa shape index (κ3) is 3.93. The van der Waals surface area contributed by atoms with Crippen molar-refractivity contribution in [1.82, 2.24) is 0 Å². The summed E-state index contributed by atoms with van der Waals surface area (Å²) in [5.41, 5.74) is 1.09. The van der Waals surface area contributed by atoms with Gasteiger partial charge in [0, 0.05) is 10.2 Å². The topological polar surface area (TPSA) is 24.4 Å². The van der Waals surface area contributed by atoms with Crippen LogP contribution in [0.1, 0.15) is 6.42 Å². The van der Waals surface area contributed by atoms with Gasteiger partial charge in [0.1, 0.15) is 0 Å². The number of hydrogen-bond donors (Lipinski definition) is 1. The number of aliphatic imine (C=N–C) groups is 1. The van der Waals surface area contributed by atoms with E-state index in [4.69, 9.17) is 4.99 Å². The average Bonchev–Trinajstić information content (AvgIpc) is 2.77. The molecule has 0 saturated heterocycles. The van der Waals surface area contributed by atoms with Crippen LogP contribution in [0.3, 0.4) is 0 Å². The molecule has 0 spiro atoms. The molecule has 0 saturated carbocycles. The zero-order chi connectivity index (χ0) is 12.1. The molecule has 1 N–H and O–H groups in total. The van der Waals surface area contributed by atoms with Gasteiger partial charge in [-0.3, -0.25) is 4.99 Å². The van der Waals surface area contributed by atoms with E-state index in [1.807, 2.05) is 41.7 Å². The first-order chi connectivity index (χ1) is 8.29. The van der Waals surface area contributed by atoms with Crippen molar-refractivity contribution in [3.05, 3.63) is 28.7 Å². The number of para-hydroxylation sites is 1. The quantitative estimate of drug-likeness (QED) is 0.899. The number of hydrogen-bond acceptors (Lipinski definition) is 4. The molecule has 2 nitrogen and oxygen atoms in total. The van der Waals surface area contributed by atoms with Crippen LogP contribution in [-0.4, -0.2) is 29.0 Å². The van der Waals surface area contributed by atoms with Gasteiger partial charge in [-0.05, 0) is 46.5 Å². The van der Waals surface area contributed by atoms with Crippen molar-refractivity contribution in [2.24, 2.45) is 4.99 Å². The third-order valence-electron chi connectivity index (χ3n) is 2.48. The highest BCUT2D eigenvalue weighted by molar-refractivity contribution is 9.10. The van der Waals surface area contributed by atoms with Crippen LogP contribution in [0.15, 0.2) is 33.7 Å². The molecule has 0 unspecified atom stereocenters.